The SMILES string of the molecule is O=C(CCCOc1ccc(Br)cc1)Nc1ccc(N2CCOCC2)cc1. The first kappa shape index (κ1) is 18.7. The van der Waals surface area contributed by atoms with Crippen molar-refractivity contribution in [2.24, 2.45) is 0 Å². The second-order valence-electron chi connectivity index (χ2n) is 6.10. The van der Waals surface area contributed by atoms with Gasteiger partial charge < -0.3 is 19.7 Å². The molecule has 2 aromatic rings. The van der Waals surface area contributed by atoms with Gasteiger partial charge in [0.2, 0.25) is 5.91 Å². The van der Waals surface area contributed by atoms with Crippen molar-refractivity contribution in [3.63, 3.8) is 0 Å². The molecule has 5 nitrogen and oxygen atoms in total. The number of rotatable bonds is 7. The van der Waals surface area contributed by atoms with Crippen LogP contribution in [-0.4, -0.2) is 38.8 Å². The Morgan fingerprint density at radius 1 is 1.08 bits per heavy atom. The molecule has 3 rings (SSSR count). The lowest BCUT2D eigenvalue weighted by atomic mass is 10.2. The molecule has 138 valence electrons. The van der Waals surface area contributed by atoms with Crippen LogP contribution in [-0.2, 0) is 9.53 Å². The van der Waals surface area contributed by atoms with E-state index in [0.717, 1.165) is 47.9 Å². The molecule has 0 saturated carbocycles. The summed E-state index contributed by atoms with van der Waals surface area (Å²) in [4.78, 5) is 14.3. The summed E-state index contributed by atoms with van der Waals surface area (Å²) in [6.07, 6.45) is 1.11. The summed E-state index contributed by atoms with van der Waals surface area (Å²) in [6, 6.07) is 15.6. The third-order valence-corrected chi connectivity index (χ3v) is 4.69. The number of halogens is 1. The van der Waals surface area contributed by atoms with Gasteiger partial charge in [-0.1, -0.05) is 15.9 Å². The van der Waals surface area contributed by atoms with E-state index in [0.29, 0.717) is 19.4 Å². The normalized spacial score (nSPS) is 14.1. The molecule has 1 aliphatic rings. The lowest BCUT2D eigenvalue weighted by Gasteiger charge is -2.28. The molecule has 1 aliphatic heterocycles. The van der Waals surface area contributed by atoms with Crippen molar-refractivity contribution in [1.29, 1.82) is 0 Å². The molecule has 0 bridgehead atoms. The van der Waals surface area contributed by atoms with Crippen LogP contribution in [0.15, 0.2) is 53.0 Å². The molecular formula is C20H23BrN2O3. The van der Waals surface area contributed by atoms with Gasteiger partial charge in [-0.2, -0.15) is 0 Å². The van der Waals surface area contributed by atoms with Crippen molar-refractivity contribution in [3.8, 4) is 5.75 Å². The molecule has 1 saturated heterocycles. The van der Waals surface area contributed by atoms with Crippen molar-refractivity contribution in [3.05, 3.63) is 53.0 Å². The first-order valence-corrected chi connectivity index (χ1v) is 9.61. The Labute approximate surface area is 162 Å². The molecule has 1 amide bonds. The molecule has 0 radical (unpaired) electrons. The third kappa shape index (κ3) is 5.75. The quantitative estimate of drug-likeness (QED) is 0.688. The van der Waals surface area contributed by atoms with E-state index in [9.17, 15) is 4.79 Å². The van der Waals surface area contributed by atoms with E-state index in [4.69, 9.17) is 9.47 Å². The molecule has 1 fully saturated rings. The molecule has 1 N–H and O–H groups in total. The van der Waals surface area contributed by atoms with Crippen molar-refractivity contribution in [2.75, 3.05) is 43.1 Å². The Kier molecular flexibility index (Phi) is 6.91. The van der Waals surface area contributed by atoms with Crippen LogP contribution in [0.3, 0.4) is 0 Å². The molecule has 0 aromatic heterocycles. The highest BCUT2D eigenvalue weighted by molar-refractivity contribution is 9.10. The number of anilines is 2. The number of nitrogens with one attached hydrogen (secondary N) is 1. The number of carbonyl (C=O) groups excluding carboxylic acids is 1. The molecule has 0 atom stereocenters. The molecule has 0 unspecified atom stereocenters. The van der Waals surface area contributed by atoms with Gasteiger partial charge in [-0.3, -0.25) is 4.79 Å². The van der Waals surface area contributed by atoms with E-state index in [1.807, 2.05) is 48.5 Å². The molecule has 1 heterocycles. The number of amides is 1. The second-order valence-corrected chi connectivity index (χ2v) is 7.02. The topological polar surface area (TPSA) is 50.8 Å². The molecular weight excluding hydrogens is 396 g/mol. The Hall–Kier alpha value is -2.05. The van der Waals surface area contributed by atoms with Crippen LogP contribution in [0.1, 0.15) is 12.8 Å². The van der Waals surface area contributed by atoms with Crippen LogP contribution in [0.4, 0.5) is 11.4 Å². The number of ether oxygens (including phenoxy) is 2. The molecule has 6 heteroatoms. The number of hydrogen-bond donors (Lipinski definition) is 1. The molecule has 0 aliphatic carbocycles. The lowest BCUT2D eigenvalue weighted by Crippen LogP contribution is -2.36. The summed E-state index contributed by atoms with van der Waals surface area (Å²) < 4.78 is 12.0. The summed E-state index contributed by atoms with van der Waals surface area (Å²) in [7, 11) is 0. The van der Waals surface area contributed by atoms with Gasteiger partial charge >= 0.3 is 0 Å². The minimum Gasteiger partial charge on any atom is -0.494 e. The van der Waals surface area contributed by atoms with Gasteiger partial charge in [0.1, 0.15) is 5.75 Å². The van der Waals surface area contributed by atoms with Crippen molar-refractivity contribution >= 4 is 33.2 Å². The fourth-order valence-corrected chi connectivity index (χ4v) is 3.02. The predicted molar refractivity (Wildman–Crippen MR) is 107 cm³/mol. The number of hydrogen-bond acceptors (Lipinski definition) is 4. The summed E-state index contributed by atoms with van der Waals surface area (Å²) in [6.45, 7) is 3.86. The van der Waals surface area contributed by atoms with Crippen LogP contribution < -0.4 is 15.0 Å². The fraction of sp³-hybridized carbons (Fsp3) is 0.350. The zero-order valence-corrected chi connectivity index (χ0v) is 16.2. The average molecular weight is 419 g/mol. The van der Waals surface area contributed by atoms with Crippen LogP contribution in [0.25, 0.3) is 0 Å². The number of benzene rings is 2. The molecule has 0 spiro atoms. The second kappa shape index (κ2) is 9.59. The van der Waals surface area contributed by atoms with Gasteiger partial charge in [-0.25, -0.2) is 0 Å². The highest BCUT2D eigenvalue weighted by atomic mass is 79.9. The number of morpholine rings is 1. The van der Waals surface area contributed by atoms with Crippen LogP contribution in [0, 0.1) is 0 Å². The Morgan fingerprint density at radius 3 is 2.46 bits per heavy atom. The number of nitrogens with zero attached hydrogens (tertiary/aromatic N) is 1. The van der Waals surface area contributed by atoms with Gasteiger partial charge in [-0.15, -0.1) is 0 Å². The Bertz CT molecular complexity index is 698. The maximum Gasteiger partial charge on any atom is 0.224 e. The van der Waals surface area contributed by atoms with Crippen molar-refractivity contribution < 1.29 is 14.3 Å². The average Bonchev–Trinajstić information content (AvgIpc) is 2.68. The summed E-state index contributed by atoms with van der Waals surface area (Å²) >= 11 is 3.39. The minimum absolute atomic E-state index is 0.00327. The summed E-state index contributed by atoms with van der Waals surface area (Å²) in [5, 5.41) is 2.93. The Morgan fingerprint density at radius 2 is 1.77 bits per heavy atom. The van der Waals surface area contributed by atoms with Gasteiger partial charge in [0.05, 0.1) is 19.8 Å². The molecule has 2 aromatic carbocycles. The highest BCUT2D eigenvalue weighted by Crippen LogP contribution is 2.19. The maximum absolute atomic E-state index is 12.1. The highest BCUT2D eigenvalue weighted by Gasteiger charge is 2.11. The van der Waals surface area contributed by atoms with E-state index >= 15 is 0 Å². The zero-order chi connectivity index (χ0) is 18.2. The van der Waals surface area contributed by atoms with Crippen molar-refractivity contribution in [1.82, 2.24) is 0 Å². The van der Waals surface area contributed by atoms with E-state index < -0.39 is 0 Å². The van der Waals surface area contributed by atoms with Gasteiger partial charge in [0.15, 0.2) is 0 Å². The van der Waals surface area contributed by atoms with Gasteiger partial charge in [0, 0.05) is 35.4 Å². The third-order valence-electron chi connectivity index (χ3n) is 4.16. The van der Waals surface area contributed by atoms with E-state index in [1.165, 1.54) is 0 Å². The van der Waals surface area contributed by atoms with E-state index in [2.05, 4.69) is 26.1 Å². The standard InChI is InChI=1S/C20H23BrN2O3/c21-16-3-9-19(10-4-16)26-13-1-2-20(24)22-17-5-7-18(8-6-17)23-11-14-25-15-12-23/h3-10H,1-2,11-15H2,(H,22,24). The van der Waals surface area contributed by atoms with E-state index in [1.54, 1.807) is 0 Å². The van der Waals surface area contributed by atoms with Crippen LogP contribution >= 0.6 is 15.9 Å². The number of carbonyl (C=O) groups is 1. The summed E-state index contributed by atoms with van der Waals surface area (Å²) in [5.74, 6) is 0.816. The lowest BCUT2D eigenvalue weighted by molar-refractivity contribution is -0.116. The first-order chi connectivity index (χ1) is 12.7. The molecule has 26 heavy (non-hydrogen) atoms. The minimum atomic E-state index is 0.00327. The maximum atomic E-state index is 12.1. The zero-order valence-electron chi connectivity index (χ0n) is 14.6. The monoisotopic (exact) mass is 418 g/mol. The predicted octanol–water partition coefficient (Wildman–Crippen LogP) is 4.08. The largest absolute Gasteiger partial charge is 0.494 e. The Balaban J connectivity index is 1.38. The van der Waals surface area contributed by atoms with E-state index in [-0.39, 0.29) is 5.91 Å². The van der Waals surface area contributed by atoms with Crippen LogP contribution in [0.5, 0.6) is 5.75 Å². The first-order valence-electron chi connectivity index (χ1n) is 8.82. The summed E-state index contributed by atoms with van der Waals surface area (Å²) in [5.41, 5.74) is 1.98. The van der Waals surface area contributed by atoms with Crippen LogP contribution in [0.2, 0.25) is 0 Å². The van der Waals surface area contributed by atoms with Crippen molar-refractivity contribution in [2.45, 2.75) is 12.8 Å². The van der Waals surface area contributed by atoms with Gasteiger partial charge in [-0.05, 0) is 55.0 Å². The fourth-order valence-electron chi connectivity index (χ4n) is 2.75. The van der Waals surface area contributed by atoms with Gasteiger partial charge in [0.25, 0.3) is 0 Å². The smallest absolute Gasteiger partial charge is 0.224 e.